The Kier molecular flexibility index (Phi) is 6.95. The van der Waals surface area contributed by atoms with Crippen LogP contribution in [-0.2, 0) is 30.3 Å². The van der Waals surface area contributed by atoms with Crippen LogP contribution in [0.5, 0.6) is 0 Å². The lowest BCUT2D eigenvalue weighted by Gasteiger charge is -2.19. The molecular weight excluding hydrogens is 379 g/mol. The number of benzene rings is 1. The fourth-order valence-corrected chi connectivity index (χ4v) is 3.92. The number of nitrogens with one attached hydrogen (secondary N) is 1. The Morgan fingerprint density at radius 3 is 2.31 bits per heavy atom. The molecular formula is C21H25FN2O5. The zero-order valence-electron chi connectivity index (χ0n) is 16.2. The van der Waals surface area contributed by atoms with Crippen LogP contribution in [0.4, 0.5) is 4.39 Å². The highest BCUT2D eigenvalue weighted by atomic mass is 19.1. The lowest BCUT2D eigenvalue weighted by Crippen LogP contribution is -2.34. The van der Waals surface area contributed by atoms with E-state index in [9.17, 15) is 23.6 Å². The second-order valence-corrected chi connectivity index (χ2v) is 7.46. The molecule has 1 aliphatic heterocycles. The third-order valence-corrected chi connectivity index (χ3v) is 5.49. The molecule has 1 saturated heterocycles. The number of nitrogens with zero attached hydrogens (tertiary/aromatic N) is 1. The summed E-state index contributed by atoms with van der Waals surface area (Å²) in [4.78, 5) is 49.5. The molecule has 1 aromatic rings. The van der Waals surface area contributed by atoms with Gasteiger partial charge in [-0.05, 0) is 37.0 Å². The molecule has 0 bridgehead atoms. The molecule has 1 aromatic carbocycles. The van der Waals surface area contributed by atoms with Gasteiger partial charge in [0, 0.05) is 13.1 Å². The zero-order chi connectivity index (χ0) is 20.8. The van der Waals surface area contributed by atoms with Crippen LogP contribution in [0.1, 0.15) is 37.7 Å². The van der Waals surface area contributed by atoms with Crippen LogP contribution in [0.15, 0.2) is 24.3 Å². The molecule has 2 atom stereocenters. The van der Waals surface area contributed by atoms with E-state index in [1.165, 1.54) is 17.0 Å². The van der Waals surface area contributed by atoms with Gasteiger partial charge in [0.05, 0.1) is 18.3 Å². The summed E-state index contributed by atoms with van der Waals surface area (Å²) in [6, 6.07) is 5.98. The maximum Gasteiger partial charge on any atom is 0.308 e. The molecule has 1 N–H and O–H groups in total. The van der Waals surface area contributed by atoms with Crippen molar-refractivity contribution in [2.75, 3.05) is 19.7 Å². The van der Waals surface area contributed by atoms with Gasteiger partial charge in [-0.15, -0.1) is 0 Å². The summed E-state index contributed by atoms with van der Waals surface area (Å²) in [6.07, 6.45) is 3.77. The van der Waals surface area contributed by atoms with Crippen LogP contribution < -0.4 is 5.32 Å². The number of rotatable bonds is 8. The van der Waals surface area contributed by atoms with Gasteiger partial charge >= 0.3 is 5.97 Å². The average molecular weight is 404 g/mol. The highest BCUT2D eigenvalue weighted by Crippen LogP contribution is 2.37. The van der Waals surface area contributed by atoms with Gasteiger partial charge in [0.15, 0.2) is 6.61 Å². The molecule has 8 heteroatoms. The predicted molar refractivity (Wildman–Crippen MR) is 101 cm³/mol. The van der Waals surface area contributed by atoms with Crippen LogP contribution in [0.25, 0.3) is 0 Å². The van der Waals surface area contributed by atoms with Crippen LogP contribution >= 0.6 is 0 Å². The minimum absolute atomic E-state index is 0.00428. The van der Waals surface area contributed by atoms with E-state index in [-0.39, 0.29) is 42.4 Å². The average Bonchev–Trinajstić information content (AvgIpc) is 2.97. The number of likely N-dealkylation sites (tertiary alicyclic amines) is 1. The number of carbonyl (C=O) groups excluding carboxylic acids is 4. The Morgan fingerprint density at radius 1 is 1.07 bits per heavy atom. The molecule has 3 rings (SSSR count). The molecule has 29 heavy (non-hydrogen) atoms. The lowest BCUT2D eigenvalue weighted by molar-refractivity contribution is -0.149. The van der Waals surface area contributed by atoms with E-state index in [0.717, 1.165) is 31.2 Å². The first-order valence-corrected chi connectivity index (χ1v) is 9.97. The smallest absolute Gasteiger partial charge is 0.308 e. The summed E-state index contributed by atoms with van der Waals surface area (Å²) in [7, 11) is 0. The van der Waals surface area contributed by atoms with Crippen LogP contribution in [0.3, 0.4) is 0 Å². The summed E-state index contributed by atoms with van der Waals surface area (Å²) in [5, 5.41) is 2.62. The molecule has 0 spiro atoms. The molecule has 1 aliphatic carbocycles. The van der Waals surface area contributed by atoms with E-state index in [0.29, 0.717) is 13.0 Å². The van der Waals surface area contributed by atoms with E-state index >= 15 is 0 Å². The summed E-state index contributed by atoms with van der Waals surface area (Å²) in [5.41, 5.74) is 0.879. The molecule has 1 heterocycles. The number of hydrogen-bond acceptors (Lipinski definition) is 5. The Balaban J connectivity index is 1.33. The minimum Gasteiger partial charge on any atom is -0.456 e. The minimum atomic E-state index is -0.630. The van der Waals surface area contributed by atoms with Gasteiger partial charge in [-0.1, -0.05) is 25.0 Å². The third kappa shape index (κ3) is 5.40. The molecule has 1 saturated carbocycles. The van der Waals surface area contributed by atoms with Crippen molar-refractivity contribution in [2.24, 2.45) is 11.8 Å². The third-order valence-electron chi connectivity index (χ3n) is 5.49. The van der Waals surface area contributed by atoms with E-state index in [4.69, 9.17) is 4.74 Å². The van der Waals surface area contributed by atoms with E-state index in [2.05, 4.69) is 5.32 Å². The maximum atomic E-state index is 12.8. The zero-order valence-corrected chi connectivity index (χ0v) is 16.2. The van der Waals surface area contributed by atoms with Crippen molar-refractivity contribution in [2.45, 2.75) is 38.5 Å². The first-order valence-electron chi connectivity index (χ1n) is 9.97. The fraction of sp³-hybridized carbons (Fsp3) is 0.524. The number of hydrogen-bond donors (Lipinski definition) is 1. The number of ether oxygens (including phenoxy) is 1. The van der Waals surface area contributed by atoms with Crippen LogP contribution in [0, 0.1) is 17.7 Å². The van der Waals surface area contributed by atoms with Gasteiger partial charge in [-0.25, -0.2) is 4.39 Å². The number of amides is 3. The second-order valence-electron chi connectivity index (χ2n) is 7.46. The van der Waals surface area contributed by atoms with E-state index < -0.39 is 18.5 Å². The summed E-state index contributed by atoms with van der Waals surface area (Å²) in [6.45, 7) is -0.0906. The second kappa shape index (κ2) is 9.62. The van der Waals surface area contributed by atoms with Gasteiger partial charge in [-0.3, -0.25) is 24.1 Å². The van der Waals surface area contributed by atoms with Gasteiger partial charge < -0.3 is 10.1 Å². The van der Waals surface area contributed by atoms with Gasteiger partial charge in [-0.2, -0.15) is 0 Å². The Labute approximate surface area is 168 Å². The largest absolute Gasteiger partial charge is 0.456 e. The van der Waals surface area contributed by atoms with Crippen molar-refractivity contribution in [1.29, 1.82) is 0 Å². The summed E-state index contributed by atoms with van der Waals surface area (Å²) >= 11 is 0. The quantitative estimate of drug-likeness (QED) is 0.525. The first-order chi connectivity index (χ1) is 14.0. The monoisotopic (exact) mass is 404 g/mol. The predicted octanol–water partition coefficient (Wildman–Crippen LogP) is 1.59. The number of imide groups is 1. The van der Waals surface area contributed by atoms with Crippen molar-refractivity contribution < 1.29 is 28.3 Å². The highest BCUT2D eigenvalue weighted by Gasteiger charge is 2.47. The number of fused-ring (bicyclic) bond motifs is 1. The van der Waals surface area contributed by atoms with Gasteiger partial charge in [0.1, 0.15) is 5.82 Å². The van der Waals surface area contributed by atoms with Crippen molar-refractivity contribution in [1.82, 2.24) is 10.2 Å². The van der Waals surface area contributed by atoms with Crippen molar-refractivity contribution in [3.8, 4) is 0 Å². The maximum absolute atomic E-state index is 12.8. The van der Waals surface area contributed by atoms with E-state index in [1.807, 2.05) is 0 Å². The Bertz CT molecular complexity index is 756. The van der Waals surface area contributed by atoms with Crippen molar-refractivity contribution >= 4 is 23.7 Å². The number of carbonyl (C=O) groups is 4. The lowest BCUT2D eigenvalue weighted by atomic mass is 9.81. The van der Waals surface area contributed by atoms with Gasteiger partial charge in [0.25, 0.3) is 5.91 Å². The number of esters is 1. The molecule has 0 unspecified atom stereocenters. The topological polar surface area (TPSA) is 92.8 Å². The Hall–Kier alpha value is -2.77. The summed E-state index contributed by atoms with van der Waals surface area (Å²) < 4.78 is 17.8. The Morgan fingerprint density at radius 2 is 1.69 bits per heavy atom. The standard InChI is InChI=1S/C21H25FN2O5/c22-15-7-5-14(6-8-15)9-11-23-18(25)13-29-19(26)10-12-24-20(27)16-3-1-2-4-17(16)21(24)28/h5-8,16-17H,1-4,9-13H2,(H,23,25)/t16-,17+. The highest BCUT2D eigenvalue weighted by molar-refractivity contribution is 6.05. The van der Waals surface area contributed by atoms with Crippen molar-refractivity contribution in [3.63, 3.8) is 0 Å². The number of halogens is 1. The molecule has 0 radical (unpaired) electrons. The normalized spacial score (nSPS) is 21.1. The van der Waals surface area contributed by atoms with Crippen molar-refractivity contribution in [3.05, 3.63) is 35.6 Å². The summed E-state index contributed by atoms with van der Waals surface area (Å²) in [5.74, 6) is -2.25. The molecule has 2 fully saturated rings. The molecule has 3 amide bonds. The molecule has 7 nitrogen and oxygen atoms in total. The van der Waals surface area contributed by atoms with Crippen LogP contribution in [0.2, 0.25) is 0 Å². The van der Waals surface area contributed by atoms with E-state index in [1.54, 1.807) is 12.1 Å². The molecule has 156 valence electrons. The first kappa shape index (κ1) is 21.0. The van der Waals surface area contributed by atoms with Crippen LogP contribution in [-0.4, -0.2) is 48.3 Å². The van der Waals surface area contributed by atoms with Gasteiger partial charge in [0.2, 0.25) is 11.8 Å². The SMILES string of the molecule is O=C(COC(=O)CCN1C(=O)[C@H]2CCCC[C@H]2C1=O)NCCc1ccc(F)cc1. The molecule has 2 aliphatic rings. The fourth-order valence-electron chi connectivity index (χ4n) is 3.92. The molecule has 0 aromatic heterocycles.